The predicted molar refractivity (Wildman–Crippen MR) is 357 cm³/mol. The van der Waals surface area contributed by atoms with Gasteiger partial charge in [-0.1, -0.05) is 316 Å². The van der Waals surface area contributed by atoms with Crippen LogP contribution in [0.1, 0.15) is 323 Å². The standard InChI is InChI=1S/C76H128O6/c1-4-7-10-13-16-19-22-25-28-31-33-34-35-36-37-38-39-40-41-42-43-46-48-51-54-57-60-63-66-69-75(78)81-72-73(71-80-74(77)68-65-62-59-56-53-50-47-44-30-27-24-21-18-15-12-9-6-3)82-76(79)70-67-64-61-58-55-52-49-45-32-29-26-23-20-17-14-11-8-5-2/h7,9-10,12,16,18-19,21,25,27-28,30,33-34,36-37,39-40,42-43,73H,4-6,8,11,13-15,17,20,22-24,26,29,31-32,35,38,41,44-72H2,1-3H3/b10-7-,12-9-,19-16-,21-18-,28-25-,30-27-,34-33-,37-36-,40-39-,43-42-. The van der Waals surface area contributed by atoms with Crippen LogP contribution < -0.4 is 0 Å². The number of ether oxygens (including phenoxy) is 3. The van der Waals surface area contributed by atoms with Crippen molar-refractivity contribution in [2.24, 2.45) is 0 Å². The first-order valence-electron chi connectivity index (χ1n) is 34.5. The van der Waals surface area contributed by atoms with Crippen molar-refractivity contribution in [3.8, 4) is 0 Å². The third-order valence-electron chi connectivity index (χ3n) is 14.7. The smallest absolute Gasteiger partial charge is 0.306 e. The molecule has 0 N–H and O–H groups in total. The number of unbranched alkanes of at least 4 members (excludes halogenated alkanes) is 31. The molecule has 0 saturated carbocycles. The molecule has 0 aliphatic rings. The van der Waals surface area contributed by atoms with E-state index in [0.29, 0.717) is 19.3 Å². The van der Waals surface area contributed by atoms with Crippen LogP contribution in [0.2, 0.25) is 0 Å². The van der Waals surface area contributed by atoms with Gasteiger partial charge in [0.1, 0.15) is 13.2 Å². The maximum atomic E-state index is 12.9. The molecule has 82 heavy (non-hydrogen) atoms. The van der Waals surface area contributed by atoms with Crippen molar-refractivity contribution in [1.82, 2.24) is 0 Å². The fourth-order valence-electron chi connectivity index (χ4n) is 9.62. The molecule has 0 rings (SSSR count). The summed E-state index contributed by atoms with van der Waals surface area (Å²) in [5.41, 5.74) is 0. The van der Waals surface area contributed by atoms with Crippen molar-refractivity contribution >= 4 is 17.9 Å². The molecule has 0 fully saturated rings. The maximum Gasteiger partial charge on any atom is 0.306 e. The molecule has 0 aromatic heterocycles. The summed E-state index contributed by atoms with van der Waals surface area (Å²) in [4.78, 5) is 38.4. The van der Waals surface area contributed by atoms with Gasteiger partial charge in [-0.05, 0) is 109 Å². The topological polar surface area (TPSA) is 78.9 Å². The van der Waals surface area contributed by atoms with Crippen LogP contribution in [-0.2, 0) is 28.6 Å². The van der Waals surface area contributed by atoms with Crippen LogP contribution >= 0.6 is 0 Å². The number of hydrogen-bond donors (Lipinski definition) is 0. The summed E-state index contributed by atoms with van der Waals surface area (Å²) in [6.45, 7) is 6.43. The highest BCUT2D eigenvalue weighted by Crippen LogP contribution is 2.17. The molecule has 6 heteroatoms. The molecule has 0 aromatic carbocycles. The summed E-state index contributed by atoms with van der Waals surface area (Å²) >= 11 is 0. The van der Waals surface area contributed by atoms with Crippen molar-refractivity contribution < 1.29 is 28.6 Å². The number of hydrogen-bond acceptors (Lipinski definition) is 6. The molecule has 0 amide bonds. The second kappa shape index (κ2) is 69.3. The van der Waals surface area contributed by atoms with Crippen molar-refractivity contribution in [3.63, 3.8) is 0 Å². The zero-order valence-corrected chi connectivity index (χ0v) is 53.7. The molecule has 0 aromatic rings. The van der Waals surface area contributed by atoms with Gasteiger partial charge in [-0.2, -0.15) is 0 Å². The number of esters is 3. The lowest BCUT2D eigenvalue weighted by molar-refractivity contribution is -0.167. The lowest BCUT2D eigenvalue weighted by Crippen LogP contribution is -2.30. The van der Waals surface area contributed by atoms with Crippen LogP contribution in [0.3, 0.4) is 0 Å². The van der Waals surface area contributed by atoms with Crippen LogP contribution in [0.4, 0.5) is 0 Å². The molecule has 0 aliphatic carbocycles. The fourth-order valence-corrected chi connectivity index (χ4v) is 9.62. The molecule has 1 unspecified atom stereocenters. The van der Waals surface area contributed by atoms with E-state index in [1.807, 2.05) is 0 Å². The highest BCUT2D eigenvalue weighted by molar-refractivity contribution is 5.71. The summed E-state index contributed by atoms with van der Waals surface area (Å²) in [5.74, 6) is -0.893. The van der Waals surface area contributed by atoms with Gasteiger partial charge in [-0.3, -0.25) is 14.4 Å². The lowest BCUT2D eigenvalue weighted by Gasteiger charge is -2.18. The third-order valence-corrected chi connectivity index (χ3v) is 14.7. The SMILES string of the molecule is CC/C=C\C/C=C\C/C=C\C/C=C\C/C=C\C/C=C\C/C=C\CCCCCCCCCC(=O)OCC(COC(=O)CCCCCCCCC/C=C\C/C=C\C/C=C\CC)OC(=O)CCCCCCCCCCCCCCCCCCCC. The molecular weight excluding hydrogens is 1010 g/mol. The minimum absolute atomic E-state index is 0.0860. The Hall–Kier alpha value is -4.19. The van der Waals surface area contributed by atoms with E-state index in [1.54, 1.807) is 0 Å². The molecule has 468 valence electrons. The molecule has 6 nitrogen and oxygen atoms in total. The Balaban J connectivity index is 4.37. The van der Waals surface area contributed by atoms with Gasteiger partial charge in [0.05, 0.1) is 0 Å². The van der Waals surface area contributed by atoms with E-state index in [9.17, 15) is 14.4 Å². The Morgan fingerprint density at radius 2 is 0.476 bits per heavy atom. The minimum atomic E-state index is -0.790. The van der Waals surface area contributed by atoms with Crippen molar-refractivity contribution in [3.05, 3.63) is 122 Å². The Kier molecular flexibility index (Phi) is 65.8. The van der Waals surface area contributed by atoms with Gasteiger partial charge >= 0.3 is 17.9 Å². The van der Waals surface area contributed by atoms with Gasteiger partial charge in [0.15, 0.2) is 6.10 Å². The van der Waals surface area contributed by atoms with Crippen LogP contribution in [0.5, 0.6) is 0 Å². The Morgan fingerprint density at radius 3 is 0.744 bits per heavy atom. The number of carbonyl (C=O) groups excluding carboxylic acids is 3. The summed E-state index contributed by atoms with van der Waals surface area (Å²) in [5, 5.41) is 0. The molecular formula is C76H128O6. The minimum Gasteiger partial charge on any atom is -0.462 e. The van der Waals surface area contributed by atoms with Crippen LogP contribution in [0.25, 0.3) is 0 Å². The Morgan fingerprint density at radius 1 is 0.256 bits per heavy atom. The Bertz CT molecular complexity index is 1690. The Labute approximate surface area is 507 Å². The average Bonchev–Trinajstić information content (AvgIpc) is 3.47. The quantitative estimate of drug-likeness (QED) is 0.0261. The highest BCUT2D eigenvalue weighted by atomic mass is 16.6. The molecule has 0 bridgehead atoms. The van der Waals surface area contributed by atoms with Crippen molar-refractivity contribution in [2.45, 2.75) is 329 Å². The summed E-state index contributed by atoms with van der Waals surface area (Å²) < 4.78 is 17.0. The first-order chi connectivity index (χ1) is 40.5. The van der Waals surface area contributed by atoms with Gasteiger partial charge in [0.2, 0.25) is 0 Å². The van der Waals surface area contributed by atoms with Gasteiger partial charge in [-0.25, -0.2) is 0 Å². The van der Waals surface area contributed by atoms with Gasteiger partial charge in [0, 0.05) is 19.3 Å². The summed E-state index contributed by atoms with van der Waals surface area (Å²) in [6.07, 6.45) is 96.4. The van der Waals surface area contributed by atoms with E-state index in [-0.39, 0.29) is 31.1 Å². The van der Waals surface area contributed by atoms with Crippen LogP contribution in [0, 0.1) is 0 Å². The molecule has 0 aliphatic heterocycles. The molecule has 1 atom stereocenters. The summed E-state index contributed by atoms with van der Waals surface area (Å²) in [6, 6.07) is 0. The van der Waals surface area contributed by atoms with E-state index < -0.39 is 6.10 Å². The zero-order chi connectivity index (χ0) is 59.2. The molecule has 0 saturated heterocycles. The zero-order valence-electron chi connectivity index (χ0n) is 53.7. The third kappa shape index (κ3) is 66.6. The van der Waals surface area contributed by atoms with Crippen molar-refractivity contribution in [1.29, 1.82) is 0 Å². The molecule has 0 spiro atoms. The van der Waals surface area contributed by atoms with E-state index >= 15 is 0 Å². The van der Waals surface area contributed by atoms with E-state index in [2.05, 4.69) is 142 Å². The van der Waals surface area contributed by atoms with Gasteiger partial charge in [-0.15, -0.1) is 0 Å². The number of carbonyl (C=O) groups is 3. The van der Waals surface area contributed by atoms with E-state index in [4.69, 9.17) is 14.2 Å². The predicted octanol–water partition coefficient (Wildman–Crippen LogP) is 23.9. The largest absolute Gasteiger partial charge is 0.462 e. The first kappa shape index (κ1) is 77.8. The van der Waals surface area contributed by atoms with E-state index in [1.165, 1.54) is 148 Å². The maximum absolute atomic E-state index is 12.9. The van der Waals surface area contributed by atoms with Crippen molar-refractivity contribution in [2.75, 3.05) is 13.2 Å². The van der Waals surface area contributed by atoms with Crippen LogP contribution in [-0.4, -0.2) is 37.2 Å². The average molecular weight is 1140 g/mol. The highest BCUT2D eigenvalue weighted by Gasteiger charge is 2.19. The fraction of sp³-hybridized carbons (Fsp3) is 0.697. The van der Waals surface area contributed by atoms with E-state index in [0.717, 1.165) is 135 Å². The second-order valence-corrected chi connectivity index (χ2v) is 22.7. The second-order valence-electron chi connectivity index (χ2n) is 22.7. The van der Waals surface area contributed by atoms with Gasteiger partial charge in [0.25, 0.3) is 0 Å². The van der Waals surface area contributed by atoms with Crippen LogP contribution in [0.15, 0.2) is 122 Å². The number of rotatable bonds is 62. The van der Waals surface area contributed by atoms with Gasteiger partial charge < -0.3 is 14.2 Å². The molecule has 0 radical (unpaired) electrons. The normalized spacial score (nSPS) is 12.9. The lowest BCUT2D eigenvalue weighted by atomic mass is 10.0. The first-order valence-corrected chi connectivity index (χ1v) is 34.5. The molecule has 0 heterocycles. The summed E-state index contributed by atoms with van der Waals surface area (Å²) in [7, 11) is 0. The number of allylic oxidation sites excluding steroid dienone is 20. The monoisotopic (exact) mass is 1140 g/mol.